The molecule has 2 heterocycles. The zero-order chi connectivity index (χ0) is 27.4. The number of rotatable bonds is 5. The van der Waals surface area contributed by atoms with E-state index in [0.29, 0.717) is 40.9 Å². The van der Waals surface area contributed by atoms with E-state index in [0.717, 1.165) is 25.8 Å². The van der Waals surface area contributed by atoms with Crippen LogP contribution in [0.4, 0.5) is 8.78 Å². The Morgan fingerprint density at radius 2 is 1.59 bits per heavy atom. The molecule has 2 aliphatic heterocycles. The molecule has 10 heteroatoms. The monoisotopic (exact) mass is 583 g/mol. The maximum absolute atomic E-state index is 13.8. The van der Waals surface area contributed by atoms with Crippen molar-refractivity contribution in [2.75, 3.05) is 27.3 Å². The SMILES string of the molecule is CC1CCCNC1=O.COc1cccc(F)c1CBr.COc1cccc(F)c1CN1CCCC(N)C1=O. The molecule has 2 unspecified atom stereocenters. The molecule has 2 amide bonds. The maximum atomic E-state index is 13.8. The Bertz CT molecular complexity index is 1040. The number of ether oxygens (including phenoxy) is 2. The summed E-state index contributed by atoms with van der Waals surface area (Å²) in [6, 6.07) is 8.95. The molecule has 4 rings (SSSR count). The molecule has 3 N–H and O–H groups in total. The molecule has 2 aromatic carbocycles. The second kappa shape index (κ2) is 15.5. The fourth-order valence-electron chi connectivity index (χ4n) is 3.99. The summed E-state index contributed by atoms with van der Waals surface area (Å²) in [7, 11) is 3.02. The van der Waals surface area contributed by atoms with Crippen molar-refractivity contribution in [1.82, 2.24) is 10.2 Å². The number of carbonyl (C=O) groups excluding carboxylic acids is 2. The standard InChI is InChI=1S/C13H17FN2O2.C8H8BrFO.C6H11NO/c1-18-12-6-2-4-10(14)9(12)8-16-7-3-5-11(15)13(16)17;1-11-8-4-2-3-7(10)6(8)5-9;1-5-3-2-4-7-6(5)8/h2,4,6,11H,3,5,7-8,15H2,1H3;2-4H,5H2,1H3;5H,2-4H2,1H3,(H,7,8). The molecule has 2 atom stereocenters. The summed E-state index contributed by atoms with van der Waals surface area (Å²) < 4.78 is 36.8. The average Bonchev–Trinajstić information content (AvgIpc) is 2.90. The van der Waals surface area contributed by atoms with Crippen LogP contribution in [0.1, 0.15) is 43.7 Å². The largest absolute Gasteiger partial charge is 0.496 e. The highest BCUT2D eigenvalue weighted by molar-refractivity contribution is 9.08. The van der Waals surface area contributed by atoms with Gasteiger partial charge in [0.25, 0.3) is 0 Å². The molecular weight excluding hydrogens is 548 g/mol. The van der Waals surface area contributed by atoms with Gasteiger partial charge in [0, 0.05) is 35.5 Å². The third-order valence-electron chi connectivity index (χ3n) is 6.21. The highest BCUT2D eigenvalue weighted by Crippen LogP contribution is 2.25. The van der Waals surface area contributed by atoms with Gasteiger partial charge in [0.2, 0.25) is 11.8 Å². The van der Waals surface area contributed by atoms with Gasteiger partial charge in [-0.05, 0) is 49.9 Å². The van der Waals surface area contributed by atoms with E-state index in [1.165, 1.54) is 26.4 Å². The first kappa shape index (κ1) is 30.5. The number of likely N-dealkylation sites (tertiary alicyclic amines) is 1. The minimum Gasteiger partial charge on any atom is -0.496 e. The lowest BCUT2D eigenvalue weighted by atomic mass is 10.0. The minimum absolute atomic E-state index is 0.119. The van der Waals surface area contributed by atoms with Gasteiger partial charge in [-0.2, -0.15) is 0 Å². The van der Waals surface area contributed by atoms with E-state index in [1.807, 2.05) is 6.92 Å². The van der Waals surface area contributed by atoms with Crippen LogP contribution in [0, 0.1) is 17.6 Å². The lowest BCUT2D eigenvalue weighted by molar-refractivity contribution is -0.135. The minimum atomic E-state index is -0.462. The summed E-state index contributed by atoms with van der Waals surface area (Å²) in [4.78, 5) is 24.2. The molecule has 0 spiro atoms. The highest BCUT2D eigenvalue weighted by Gasteiger charge is 2.27. The van der Waals surface area contributed by atoms with Gasteiger partial charge in [0.15, 0.2) is 0 Å². The number of benzene rings is 2. The molecule has 2 fully saturated rings. The Hall–Kier alpha value is -2.72. The first-order valence-corrected chi connectivity index (χ1v) is 13.4. The Morgan fingerprint density at radius 3 is 2.08 bits per heavy atom. The molecule has 7 nitrogen and oxygen atoms in total. The predicted molar refractivity (Wildman–Crippen MR) is 143 cm³/mol. The fourth-order valence-corrected chi connectivity index (χ4v) is 4.53. The molecule has 0 aliphatic carbocycles. The summed E-state index contributed by atoms with van der Waals surface area (Å²) in [5, 5.41) is 3.27. The van der Waals surface area contributed by atoms with Crippen LogP contribution >= 0.6 is 15.9 Å². The second-order valence-corrected chi connectivity index (χ2v) is 9.38. The van der Waals surface area contributed by atoms with Crippen molar-refractivity contribution in [2.24, 2.45) is 11.7 Å². The molecule has 2 aliphatic rings. The van der Waals surface area contributed by atoms with Crippen molar-refractivity contribution >= 4 is 27.7 Å². The van der Waals surface area contributed by atoms with Crippen molar-refractivity contribution < 1.29 is 27.8 Å². The van der Waals surface area contributed by atoms with E-state index in [2.05, 4.69) is 21.2 Å². The number of hydrogen-bond acceptors (Lipinski definition) is 5. The molecule has 204 valence electrons. The summed E-state index contributed by atoms with van der Waals surface area (Å²) in [5.74, 6) is 0.804. The molecule has 0 radical (unpaired) electrons. The van der Waals surface area contributed by atoms with E-state index < -0.39 is 6.04 Å². The number of piperidine rings is 2. The molecular formula is C27H36BrF2N3O4. The number of nitrogens with zero attached hydrogens (tertiary/aromatic N) is 1. The Labute approximate surface area is 225 Å². The van der Waals surface area contributed by atoms with Crippen molar-refractivity contribution in [3.8, 4) is 11.5 Å². The third kappa shape index (κ3) is 8.96. The van der Waals surface area contributed by atoms with Crippen LogP contribution in [0.25, 0.3) is 0 Å². The van der Waals surface area contributed by atoms with E-state index in [4.69, 9.17) is 15.2 Å². The zero-order valence-electron chi connectivity index (χ0n) is 21.6. The molecule has 0 bridgehead atoms. The number of methoxy groups -OCH3 is 2. The Balaban J connectivity index is 0.000000215. The predicted octanol–water partition coefficient (Wildman–Crippen LogP) is 4.55. The smallest absolute Gasteiger partial charge is 0.239 e. The van der Waals surface area contributed by atoms with Gasteiger partial charge in [-0.25, -0.2) is 8.78 Å². The third-order valence-corrected chi connectivity index (χ3v) is 6.77. The number of amides is 2. The zero-order valence-corrected chi connectivity index (χ0v) is 23.2. The second-order valence-electron chi connectivity index (χ2n) is 8.82. The number of halogens is 3. The van der Waals surface area contributed by atoms with Crippen molar-refractivity contribution in [3.63, 3.8) is 0 Å². The summed E-state index contributed by atoms with van der Waals surface area (Å²) >= 11 is 3.18. The molecule has 37 heavy (non-hydrogen) atoms. The van der Waals surface area contributed by atoms with Gasteiger partial charge in [0.05, 0.1) is 26.8 Å². The topological polar surface area (TPSA) is 93.9 Å². The van der Waals surface area contributed by atoms with Crippen LogP contribution < -0.4 is 20.5 Å². The Morgan fingerprint density at radius 1 is 1.00 bits per heavy atom. The number of carbonyl (C=O) groups is 2. The van der Waals surface area contributed by atoms with Crippen LogP contribution in [-0.2, 0) is 21.5 Å². The highest BCUT2D eigenvalue weighted by atomic mass is 79.9. The van der Waals surface area contributed by atoms with Crippen LogP contribution in [0.3, 0.4) is 0 Å². The van der Waals surface area contributed by atoms with Crippen molar-refractivity contribution in [3.05, 3.63) is 59.2 Å². The van der Waals surface area contributed by atoms with Crippen molar-refractivity contribution in [1.29, 1.82) is 0 Å². The van der Waals surface area contributed by atoms with Gasteiger partial charge in [-0.15, -0.1) is 0 Å². The van der Waals surface area contributed by atoms with Gasteiger partial charge >= 0.3 is 0 Å². The van der Waals surface area contributed by atoms with E-state index >= 15 is 0 Å². The molecule has 2 aromatic rings. The first-order chi connectivity index (χ1) is 17.7. The molecule has 0 aromatic heterocycles. The molecule has 2 saturated heterocycles. The van der Waals surface area contributed by atoms with E-state index in [1.54, 1.807) is 29.2 Å². The van der Waals surface area contributed by atoms with Gasteiger partial charge in [-0.1, -0.05) is 35.0 Å². The fraction of sp³-hybridized carbons (Fsp3) is 0.481. The van der Waals surface area contributed by atoms with Crippen LogP contribution in [0.5, 0.6) is 11.5 Å². The molecule has 0 saturated carbocycles. The summed E-state index contributed by atoms with van der Waals surface area (Å²) in [6.07, 6.45) is 3.76. The normalized spacial score (nSPS) is 19.1. The number of nitrogens with one attached hydrogen (secondary N) is 1. The van der Waals surface area contributed by atoms with Crippen LogP contribution in [-0.4, -0.2) is 50.1 Å². The van der Waals surface area contributed by atoms with Crippen LogP contribution in [0.15, 0.2) is 36.4 Å². The average molecular weight is 585 g/mol. The number of nitrogens with two attached hydrogens (primary N) is 1. The van der Waals surface area contributed by atoms with E-state index in [-0.39, 0.29) is 35.9 Å². The van der Waals surface area contributed by atoms with E-state index in [9.17, 15) is 18.4 Å². The van der Waals surface area contributed by atoms with Crippen molar-refractivity contribution in [2.45, 2.75) is 50.5 Å². The summed E-state index contributed by atoms with van der Waals surface area (Å²) in [6.45, 7) is 3.67. The van der Waals surface area contributed by atoms with Gasteiger partial charge in [0.1, 0.15) is 23.1 Å². The quantitative estimate of drug-likeness (QED) is 0.504. The van der Waals surface area contributed by atoms with Crippen LogP contribution in [0.2, 0.25) is 0 Å². The number of hydrogen-bond donors (Lipinski definition) is 2. The summed E-state index contributed by atoms with van der Waals surface area (Å²) in [5.41, 5.74) is 6.68. The first-order valence-electron chi connectivity index (χ1n) is 12.2. The number of alkyl halides is 1. The van der Waals surface area contributed by atoms with Gasteiger partial charge < -0.3 is 25.4 Å². The lowest BCUT2D eigenvalue weighted by Crippen LogP contribution is -2.47. The Kier molecular flexibility index (Phi) is 12.8. The van der Waals surface area contributed by atoms with Gasteiger partial charge in [-0.3, -0.25) is 9.59 Å². The maximum Gasteiger partial charge on any atom is 0.239 e. The lowest BCUT2D eigenvalue weighted by Gasteiger charge is -2.30.